The van der Waals surface area contributed by atoms with Crippen LogP contribution in [0.5, 0.6) is 5.75 Å². The van der Waals surface area contributed by atoms with E-state index in [2.05, 4.69) is 6.58 Å². The molecule has 0 aliphatic heterocycles. The summed E-state index contributed by atoms with van der Waals surface area (Å²) in [5.74, 6) is -0.980. The lowest BCUT2D eigenvalue weighted by Crippen LogP contribution is -2.40. The summed E-state index contributed by atoms with van der Waals surface area (Å²) in [5, 5.41) is 8.90. The van der Waals surface area contributed by atoms with Gasteiger partial charge in [0.1, 0.15) is 18.9 Å². The van der Waals surface area contributed by atoms with Crippen LogP contribution in [-0.2, 0) is 4.79 Å². The van der Waals surface area contributed by atoms with Crippen LogP contribution in [0.2, 0.25) is 0 Å². The van der Waals surface area contributed by atoms with Gasteiger partial charge >= 0.3 is 5.97 Å². The molecular weight excluding hydrogens is 258 g/mol. The highest BCUT2D eigenvalue weighted by atomic mass is 16.5. The van der Waals surface area contributed by atoms with Crippen LogP contribution in [0, 0.1) is 0 Å². The first-order valence-electron chi connectivity index (χ1n) is 6.32. The van der Waals surface area contributed by atoms with Gasteiger partial charge in [-0.05, 0) is 26.0 Å². The molecule has 1 N–H and O–H groups in total. The Kier molecular flexibility index (Phi) is 5.77. The monoisotopic (exact) mass is 277 g/mol. The summed E-state index contributed by atoms with van der Waals surface area (Å²) < 4.78 is 5.43. The molecule has 20 heavy (non-hydrogen) atoms. The van der Waals surface area contributed by atoms with E-state index in [1.54, 1.807) is 44.2 Å². The van der Waals surface area contributed by atoms with Crippen LogP contribution >= 0.6 is 0 Å². The number of amides is 1. The quantitative estimate of drug-likeness (QED) is 0.776. The minimum absolute atomic E-state index is 0.217. The Morgan fingerprint density at radius 2 is 2.05 bits per heavy atom. The average Bonchev–Trinajstić information content (AvgIpc) is 2.41. The molecule has 1 amide bonds. The number of nitrogens with zero attached hydrogens (tertiary/aromatic N) is 1. The normalized spacial score (nSPS) is 10.2. The van der Waals surface area contributed by atoms with E-state index in [1.807, 2.05) is 0 Å². The number of carbonyl (C=O) groups excluding carboxylic acids is 1. The van der Waals surface area contributed by atoms with Crippen molar-refractivity contribution in [2.75, 3.05) is 13.2 Å². The van der Waals surface area contributed by atoms with E-state index < -0.39 is 5.97 Å². The van der Waals surface area contributed by atoms with Crippen LogP contribution in [0.25, 0.3) is 0 Å². The third-order valence-corrected chi connectivity index (χ3v) is 2.66. The van der Waals surface area contributed by atoms with Crippen LogP contribution in [0.4, 0.5) is 0 Å². The number of benzene rings is 1. The molecule has 0 aliphatic rings. The lowest BCUT2D eigenvalue weighted by atomic mass is 10.1. The van der Waals surface area contributed by atoms with Crippen molar-refractivity contribution in [2.24, 2.45) is 0 Å². The Bertz CT molecular complexity index is 496. The molecule has 5 nitrogen and oxygen atoms in total. The molecule has 0 fully saturated rings. The molecule has 0 atom stereocenters. The smallest absolute Gasteiger partial charge is 0.323 e. The zero-order chi connectivity index (χ0) is 15.1. The lowest BCUT2D eigenvalue weighted by Gasteiger charge is -2.25. The third kappa shape index (κ3) is 4.12. The van der Waals surface area contributed by atoms with Crippen molar-refractivity contribution in [3.8, 4) is 5.75 Å². The van der Waals surface area contributed by atoms with Gasteiger partial charge in [0.25, 0.3) is 5.91 Å². The molecule has 5 heteroatoms. The lowest BCUT2D eigenvalue weighted by molar-refractivity contribution is -0.138. The number of aliphatic carboxylic acids is 1. The molecule has 1 aromatic carbocycles. The SMILES string of the molecule is C=CCOc1ccccc1C(=O)N(CC(=O)O)C(C)C. The topological polar surface area (TPSA) is 66.8 Å². The Balaban J connectivity index is 3.04. The minimum Gasteiger partial charge on any atom is -0.489 e. The van der Waals surface area contributed by atoms with Gasteiger partial charge in [-0.1, -0.05) is 24.8 Å². The maximum absolute atomic E-state index is 12.5. The number of hydrogen-bond donors (Lipinski definition) is 1. The molecule has 0 radical (unpaired) electrons. The van der Waals surface area contributed by atoms with E-state index >= 15 is 0 Å². The van der Waals surface area contributed by atoms with Crippen molar-refractivity contribution in [1.29, 1.82) is 0 Å². The Morgan fingerprint density at radius 1 is 1.40 bits per heavy atom. The highest BCUT2D eigenvalue weighted by Crippen LogP contribution is 2.21. The zero-order valence-corrected chi connectivity index (χ0v) is 11.7. The molecule has 0 saturated heterocycles. The van der Waals surface area contributed by atoms with Gasteiger partial charge in [0.15, 0.2) is 0 Å². The number of carboxylic acids is 1. The molecule has 1 aromatic rings. The van der Waals surface area contributed by atoms with Crippen LogP contribution in [-0.4, -0.2) is 41.1 Å². The summed E-state index contributed by atoms with van der Waals surface area (Å²) >= 11 is 0. The summed E-state index contributed by atoms with van der Waals surface area (Å²) in [4.78, 5) is 24.6. The largest absolute Gasteiger partial charge is 0.489 e. The van der Waals surface area contributed by atoms with Crippen molar-refractivity contribution < 1.29 is 19.4 Å². The number of hydrogen-bond acceptors (Lipinski definition) is 3. The first-order chi connectivity index (χ1) is 9.47. The standard InChI is InChI=1S/C15H19NO4/c1-4-9-20-13-8-6-5-7-12(13)15(19)16(11(2)3)10-14(17)18/h4-8,11H,1,9-10H2,2-3H3,(H,17,18). The fourth-order valence-electron chi connectivity index (χ4n) is 1.71. The molecular formula is C15H19NO4. The summed E-state index contributed by atoms with van der Waals surface area (Å²) in [6.45, 7) is 7.04. The second kappa shape index (κ2) is 7.33. The number of carbonyl (C=O) groups is 2. The fraction of sp³-hybridized carbons (Fsp3) is 0.333. The molecule has 0 saturated carbocycles. The second-order valence-electron chi connectivity index (χ2n) is 4.52. The van der Waals surface area contributed by atoms with Crippen molar-refractivity contribution >= 4 is 11.9 Å². The van der Waals surface area contributed by atoms with E-state index in [-0.39, 0.29) is 25.1 Å². The van der Waals surface area contributed by atoms with Crippen molar-refractivity contribution in [3.63, 3.8) is 0 Å². The molecule has 0 spiro atoms. The van der Waals surface area contributed by atoms with Gasteiger partial charge < -0.3 is 14.7 Å². The van der Waals surface area contributed by atoms with Gasteiger partial charge in [-0.25, -0.2) is 0 Å². The van der Waals surface area contributed by atoms with E-state index in [0.29, 0.717) is 11.3 Å². The summed E-state index contributed by atoms with van der Waals surface area (Å²) in [6.07, 6.45) is 1.58. The zero-order valence-electron chi connectivity index (χ0n) is 11.7. The Labute approximate surface area is 118 Å². The van der Waals surface area contributed by atoms with Gasteiger partial charge in [0.2, 0.25) is 0 Å². The predicted molar refractivity (Wildman–Crippen MR) is 75.9 cm³/mol. The summed E-state index contributed by atoms with van der Waals surface area (Å²) in [7, 11) is 0. The minimum atomic E-state index is -1.04. The number of rotatable bonds is 7. The van der Waals surface area contributed by atoms with Gasteiger partial charge in [0, 0.05) is 6.04 Å². The van der Waals surface area contributed by atoms with Crippen molar-refractivity contribution in [3.05, 3.63) is 42.5 Å². The van der Waals surface area contributed by atoms with Gasteiger partial charge in [0.05, 0.1) is 5.56 Å². The highest BCUT2D eigenvalue weighted by molar-refractivity contribution is 5.98. The first kappa shape index (κ1) is 15.8. The summed E-state index contributed by atoms with van der Waals surface area (Å²) in [5.41, 5.74) is 0.351. The van der Waals surface area contributed by atoms with Gasteiger partial charge in [-0.3, -0.25) is 9.59 Å². The fourth-order valence-corrected chi connectivity index (χ4v) is 1.71. The Hall–Kier alpha value is -2.30. The van der Waals surface area contributed by atoms with Gasteiger partial charge in [-0.2, -0.15) is 0 Å². The molecule has 1 rings (SSSR count). The van der Waals surface area contributed by atoms with E-state index in [9.17, 15) is 9.59 Å². The van der Waals surface area contributed by atoms with Crippen molar-refractivity contribution in [2.45, 2.75) is 19.9 Å². The van der Waals surface area contributed by atoms with Crippen LogP contribution in [0.1, 0.15) is 24.2 Å². The first-order valence-corrected chi connectivity index (χ1v) is 6.32. The average molecular weight is 277 g/mol. The highest BCUT2D eigenvalue weighted by Gasteiger charge is 2.23. The summed E-state index contributed by atoms with van der Waals surface area (Å²) in [6, 6.07) is 6.55. The van der Waals surface area contributed by atoms with Crippen LogP contribution in [0.3, 0.4) is 0 Å². The molecule has 0 bridgehead atoms. The van der Waals surface area contributed by atoms with Crippen LogP contribution in [0.15, 0.2) is 36.9 Å². The molecule has 0 aliphatic carbocycles. The Morgan fingerprint density at radius 3 is 2.60 bits per heavy atom. The maximum atomic E-state index is 12.5. The number of para-hydroxylation sites is 1. The molecule has 108 valence electrons. The van der Waals surface area contributed by atoms with Crippen molar-refractivity contribution in [1.82, 2.24) is 4.90 Å². The third-order valence-electron chi connectivity index (χ3n) is 2.66. The molecule has 0 unspecified atom stereocenters. The van der Waals surface area contributed by atoms with E-state index in [4.69, 9.17) is 9.84 Å². The second-order valence-corrected chi connectivity index (χ2v) is 4.52. The number of ether oxygens (including phenoxy) is 1. The maximum Gasteiger partial charge on any atom is 0.323 e. The van der Waals surface area contributed by atoms with E-state index in [0.717, 1.165) is 0 Å². The van der Waals surface area contributed by atoms with E-state index in [1.165, 1.54) is 4.90 Å². The predicted octanol–water partition coefficient (Wildman–Crippen LogP) is 2.19. The van der Waals surface area contributed by atoms with Crippen LogP contribution < -0.4 is 4.74 Å². The number of carboxylic acid groups (broad SMARTS) is 1. The van der Waals surface area contributed by atoms with Gasteiger partial charge in [-0.15, -0.1) is 0 Å². The molecule has 0 heterocycles. The molecule has 0 aromatic heterocycles.